The number of nitrogens with one attached hydrogen (secondary N) is 1. The first-order valence-corrected chi connectivity index (χ1v) is 8.27. The minimum Gasteiger partial charge on any atom is -0.387 e. The zero-order valence-electron chi connectivity index (χ0n) is 12.8. The minimum atomic E-state index is -0.838. The molecule has 1 rings (SSSR count). The van der Waals surface area contributed by atoms with Gasteiger partial charge in [0.1, 0.15) is 0 Å². The van der Waals surface area contributed by atoms with E-state index in [9.17, 15) is 9.90 Å². The van der Waals surface area contributed by atoms with Crippen LogP contribution in [0.1, 0.15) is 30.0 Å². The van der Waals surface area contributed by atoms with Crippen molar-refractivity contribution in [2.75, 3.05) is 18.6 Å². The highest BCUT2D eigenvalue weighted by molar-refractivity contribution is 7.98. The maximum absolute atomic E-state index is 11.8. The maximum atomic E-state index is 11.8. The second-order valence-corrected chi connectivity index (χ2v) is 6.50. The van der Waals surface area contributed by atoms with E-state index in [-0.39, 0.29) is 5.91 Å². The summed E-state index contributed by atoms with van der Waals surface area (Å²) in [4.78, 5) is 11.8. The Morgan fingerprint density at radius 2 is 2.10 bits per heavy atom. The first-order valence-electron chi connectivity index (χ1n) is 6.88. The van der Waals surface area contributed by atoms with Gasteiger partial charge in [-0.1, -0.05) is 23.8 Å². The van der Waals surface area contributed by atoms with Crippen LogP contribution in [0.2, 0.25) is 0 Å². The van der Waals surface area contributed by atoms with Crippen LogP contribution in [0.4, 0.5) is 0 Å². The quantitative estimate of drug-likeness (QED) is 0.812. The van der Waals surface area contributed by atoms with Gasteiger partial charge in [-0.3, -0.25) is 4.79 Å². The lowest BCUT2D eigenvalue weighted by Gasteiger charge is -2.22. The number of amides is 1. The van der Waals surface area contributed by atoms with Gasteiger partial charge in [0.2, 0.25) is 5.91 Å². The van der Waals surface area contributed by atoms with E-state index in [0.29, 0.717) is 18.7 Å². The fourth-order valence-electron chi connectivity index (χ4n) is 2.11. The van der Waals surface area contributed by atoms with Crippen LogP contribution in [0.25, 0.3) is 0 Å². The van der Waals surface area contributed by atoms with E-state index in [1.165, 1.54) is 16.7 Å². The van der Waals surface area contributed by atoms with Crippen LogP contribution >= 0.6 is 11.8 Å². The Morgan fingerprint density at radius 3 is 2.70 bits per heavy atom. The van der Waals surface area contributed by atoms with Gasteiger partial charge in [-0.25, -0.2) is 0 Å². The second kappa shape index (κ2) is 7.70. The molecule has 4 heteroatoms. The predicted molar refractivity (Wildman–Crippen MR) is 86.3 cm³/mol. The Morgan fingerprint density at radius 1 is 1.40 bits per heavy atom. The van der Waals surface area contributed by atoms with Crippen LogP contribution in [0.3, 0.4) is 0 Å². The van der Waals surface area contributed by atoms with E-state index in [1.54, 1.807) is 18.7 Å². The molecule has 0 aliphatic carbocycles. The molecule has 3 nitrogen and oxygen atoms in total. The summed E-state index contributed by atoms with van der Waals surface area (Å²) < 4.78 is 0. The summed E-state index contributed by atoms with van der Waals surface area (Å²) in [5, 5.41) is 12.8. The van der Waals surface area contributed by atoms with Gasteiger partial charge in [0.05, 0.1) is 5.60 Å². The van der Waals surface area contributed by atoms with Crippen molar-refractivity contribution in [3.05, 3.63) is 34.9 Å². The number of rotatable bonds is 7. The molecule has 0 bridgehead atoms. The van der Waals surface area contributed by atoms with E-state index in [0.717, 1.165) is 6.42 Å². The molecular formula is C16H25NO2S. The standard InChI is InChI=1S/C16H25NO2S/c1-12-5-6-14(13(2)9-12)7-8-15(18)17-10-16(3,19)11-20-4/h5-6,9,19H,7-8,10-11H2,1-4H3,(H,17,18)/t16-/m0/s1. The van der Waals surface area contributed by atoms with E-state index in [1.807, 2.05) is 6.26 Å². The first kappa shape index (κ1) is 17.1. The zero-order chi connectivity index (χ0) is 15.2. The number of aryl methyl sites for hydroxylation is 3. The lowest BCUT2D eigenvalue weighted by atomic mass is 10.0. The fourth-order valence-corrected chi connectivity index (χ4v) is 2.84. The average Bonchev–Trinajstić information content (AvgIpc) is 2.35. The molecule has 0 aliphatic heterocycles. The molecule has 0 saturated heterocycles. The monoisotopic (exact) mass is 295 g/mol. The lowest BCUT2D eigenvalue weighted by Crippen LogP contribution is -2.42. The molecule has 0 aromatic heterocycles. The Labute approximate surface area is 126 Å². The lowest BCUT2D eigenvalue weighted by molar-refractivity contribution is -0.122. The van der Waals surface area contributed by atoms with Crippen LogP contribution in [-0.2, 0) is 11.2 Å². The largest absolute Gasteiger partial charge is 0.387 e. The molecule has 0 heterocycles. The van der Waals surface area contributed by atoms with E-state index in [4.69, 9.17) is 0 Å². The summed E-state index contributed by atoms with van der Waals surface area (Å²) in [6, 6.07) is 6.29. The van der Waals surface area contributed by atoms with Crippen LogP contribution in [-0.4, -0.2) is 35.2 Å². The molecule has 0 saturated carbocycles. The third-order valence-corrected chi connectivity index (χ3v) is 4.15. The molecule has 1 aromatic rings. The summed E-state index contributed by atoms with van der Waals surface area (Å²) in [5.74, 6) is 0.607. The number of carbonyl (C=O) groups is 1. The molecule has 0 aliphatic rings. The van der Waals surface area contributed by atoms with Crippen molar-refractivity contribution in [1.29, 1.82) is 0 Å². The molecule has 1 aromatic carbocycles. The molecule has 1 atom stereocenters. The van der Waals surface area contributed by atoms with Gasteiger partial charge in [-0.2, -0.15) is 11.8 Å². The molecule has 0 fully saturated rings. The fraction of sp³-hybridized carbons (Fsp3) is 0.562. The average molecular weight is 295 g/mol. The summed E-state index contributed by atoms with van der Waals surface area (Å²) in [6.07, 6.45) is 3.14. The molecule has 0 spiro atoms. The van der Waals surface area contributed by atoms with Crippen LogP contribution in [0.15, 0.2) is 18.2 Å². The highest BCUT2D eigenvalue weighted by Crippen LogP contribution is 2.13. The summed E-state index contributed by atoms with van der Waals surface area (Å²) >= 11 is 1.57. The number of hydrogen-bond donors (Lipinski definition) is 2. The summed E-state index contributed by atoms with van der Waals surface area (Å²) in [6.45, 7) is 6.19. The van der Waals surface area contributed by atoms with Crippen molar-refractivity contribution >= 4 is 17.7 Å². The van der Waals surface area contributed by atoms with E-state index < -0.39 is 5.60 Å². The molecule has 0 radical (unpaired) electrons. The van der Waals surface area contributed by atoms with Crippen molar-refractivity contribution in [3.63, 3.8) is 0 Å². The summed E-state index contributed by atoms with van der Waals surface area (Å²) in [7, 11) is 0. The van der Waals surface area contributed by atoms with Gasteiger partial charge in [0.25, 0.3) is 0 Å². The van der Waals surface area contributed by atoms with Crippen molar-refractivity contribution < 1.29 is 9.90 Å². The SMILES string of the molecule is CSC[C@@](C)(O)CNC(=O)CCc1ccc(C)cc1C. The molecule has 1 amide bonds. The normalized spacial score (nSPS) is 13.8. The highest BCUT2D eigenvalue weighted by Gasteiger charge is 2.20. The van der Waals surface area contributed by atoms with Crippen molar-refractivity contribution in [1.82, 2.24) is 5.32 Å². The summed E-state index contributed by atoms with van der Waals surface area (Å²) in [5.41, 5.74) is 2.84. The Hall–Kier alpha value is -1.00. The Kier molecular flexibility index (Phi) is 6.56. The minimum absolute atomic E-state index is 0.00801. The second-order valence-electron chi connectivity index (χ2n) is 5.64. The highest BCUT2D eigenvalue weighted by atomic mass is 32.2. The molecular weight excluding hydrogens is 270 g/mol. The van der Waals surface area contributed by atoms with Gasteiger partial charge >= 0.3 is 0 Å². The Bertz CT molecular complexity index is 458. The number of thioether (sulfide) groups is 1. The van der Waals surface area contributed by atoms with Crippen LogP contribution in [0, 0.1) is 13.8 Å². The van der Waals surface area contributed by atoms with E-state index >= 15 is 0 Å². The van der Waals surface area contributed by atoms with Crippen LogP contribution in [0.5, 0.6) is 0 Å². The van der Waals surface area contributed by atoms with Gasteiger partial charge < -0.3 is 10.4 Å². The third-order valence-electron chi connectivity index (χ3n) is 3.24. The molecule has 0 unspecified atom stereocenters. The van der Waals surface area contributed by atoms with Crippen molar-refractivity contribution in [3.8, 4) is 0 Å². The number of benzene rings is 1. The molecule has 20 heavy (non-hydrogen) atoms. The number of carbonyl (C=O) groups excluding carboxylic acids is 1. The molecule has 112 valence electrons. The van der Waals surface area contributed by atoms with Crippen molar-refractivity contribution in [2.24, 2.45) is 0 Å². The number of hydrogen-bond acceptors (Lipinski definition) is 3. The van der Waals surface area contributed by atoms with Crippen molar-refractivity contribution in [2.45, 2.75) is 39.2 Å². The van der Waals surface area contributed by atoms with Gasteiger partial charge in [0.15, 0.2) is 0 Å². The smallest absolute Gasteiger partial charge is 0.220 e. The Balaban J connectivity index is 2.40. The van der Waals surface area contributed by atoms with Gasteiger partial charge in [-0.15, -0.1) is 0 Å². The molecule has 2 N–H and O–H groups in total. The van der Waals surface area contributed by atoms with Gasteiger partial charge in [0, 0.05) is 18.7 Å². The predicted octanol–water partition coefficient (Wildman–Crippen LogP) is 2.47. The first-order chi connectivity index (χ1) is 9.34. The zero-order valence-corrected chi connectivity index (χ0v) is 13.6. The number of aliphatic hydroxyl groups is 1. The topological polar surface area (TPSA) is 49.3 Å². The maximum Gasteiger partial charge on any atom is 0.220 e. The van der Waals surface area contributed by atoms with Gasteiger partial charge in [-0.05, 0) is 44.6 Å². The third kappa shape index (κ3) is 5.97. The van der Waals surface area contributed by atoms with Crippen LogP contribution < -0.4 is 5.32 Å². The van der Waals surface area contributed by atoms with E-state index in [2.05, 4.69) is 37.4 Å².